The monoisotopic (exact) mass is 278 g/mol. The zero-order valence-electron chi connectivity index (χ0n) is 12.5. The average molecular weight is 279 g/mol. The highest BCUT2D eigenvalue weighted by Crippen LogP contribution is 2.34. The molecule has 0 aliphatic carbocycles. The number of benzene rings is 1. The summed E-state index contributed by atoms with van der Waals surface area (Å²) >= 11 is 6.36. The van der Waals surface area contributed by atoms with Crippen molar-refractivity contribution in [1.29, 1.82) is 0 Å². The standard InChI is InChI=1S/C16H23ClN2/c1-6-16(5,7-2)19-14-9-8-11(3)10-13(14)18-15(19)12(4)17/h8-10,12H,6-7H2,1-5H3. The molecule has 0 spiro atoms. The Hall–Kier alpha value is -1.02. The smallest absolute Gasteiger partial charge is 0.128 e. The number of fused-ring (bicyclic) bond motifs is 1. The largest absolute Gasteiger partial charge is 0.321 e. The third kappa shape index (κ3) is 2.38. The van der Waals surface area contributed by atoms with E-state index in [2.05, 4.69) is 50.5 Å². The lowest BCUT2D eigenvalue weighted by Crippen LogP contribution is -2.30. The molecule has 104 valence electrons. The summed E-state index contributed by atoms with van der Waals surface area (Å²) in [5, 5.41) is -0.0786. The van der Waals surface area contributed by atoms with Crippen molar-refractivity contribution in [2.45, 2.75) is 58.4 Å². The summed E-state index contributed by atoms with van der Waals surface area (Å²) < 4.78 is 2.35. The van der Waals surface area contributed by atoms with Gasteiger partial charge in [-0.05, 0) is 51.3 Å². The van der Waals surface area contributed by atoms with Crippen LogP contribution in [0.1, 0.15) is 57.3 Å². The molecule has 1 heterocycles. The molecule has 0 aliphatic rings. The molecule has 1 aromatic heterocycles. The predicted molar refractivity (Wildman–Crippen MR) is 83.0 cm³/mol. The molecule has 1 aromatic carbocycles. The van der Waals surface area contributed by atoms with Gasteiger partial charge in [-0.1, -0.05) is 19.9 Å². The molecule has 1 unspecified atom stereocenters. The van der Waals surface area contributed by atoms with Crippen LogP contribution in [0.5, 0.6) is 0 Å². The second kappa shape index (κ2) is 5.16. The lowest BCUT2D eigenvalue weighted by Gasteiger charge is -2.32. The van der Waals surface area contributed by atoms with Crippen LogP contribution in [0.2, 0.25) is 0 Å². The van der Waals surface area contributed by atoms with Crippen molar-refractivity contribution >= 4 is 22.6 Å². The normalized spacial score (nSPS) is 14.0. The highest BCUT2D eigenvalue weighted by Gasteiger charge is 2.28. The SMILES string of the molecule is CCC(C)(CC)n1c(C(C)Cl)nc2cc(C)ccc21. The van der Waals surface area contributed by atoms with Gasteiger partial charge in [-0.2, -0.15) is 0 Å². The van der Waals surface area contributed by atoms with Crippen molar-refractivity contribution in [3.8, 4) is 0 Å². The third-order valence-electron chi connectivity index (χ3n) is 4.25. The minimum Gasteiger partial charge on any atom is -0.321 e. The van der Waals surface area contributed by atoms with Crippen LogP contribution in [0.25, 0.3) is 11.0 Å². The number of rotatable bonds is 4. The molecule has 3 heteroatoms. The summed E-state index contributed by atoms with van der Waals surface area (Å²) in [6.07, 6.45) is 2.14. The minimum absolute atomic E-state index is 0.0719. The van der Waals surface area contributed by atoms with Gasteiger partial charge in [-0.3, -0.25) is 0 Å². The number of halogens is 1. The van der Waals surface area contributed by atoms with Crippen LogP contribution in [0, 0.1) is 6.92 Å². The van der Waals surface area contributed by atoms with Gasteiger partial charge in [0.2, 0.25) is 0 Å². The molecule has 0 fully saturated rings. The van der Waals surface area contributed by atoms with E-state index in [1.807, 2.05) is 6.92 Å². The fourth-order valence-corrected chi connectivity index (χ4v) is 2.76. The molecule has 0 saturated heterocycles. The first kappa shape index (κ1) is 14.4. The van der Waals surface area contributed by atoms with Crippen LogP contribution < -0.4 is 0 Å². The van der Waals surface area contributed by atoms with Gasteiger partial charge >= 0.3 is 0 Å². The van der Waals surface area contributed by atoms with Crippen LogP contribution in [0.4, 0.5) is 0 Å². The van der Waals surface area contributed by atoms with E-state index in [9.17, 15) is 0 Å². The van der Waals surface area contributed by atoms with Gasteiger partial charge in [0, 0.05) is 5.54 Å². The second-order valence-electron chi connectivity index (χ2n) is 5.62. The van der Waals surface area contributed by atoms with Crippen LogP contribution >= 0.6 is 11.6 Å². The first-order chi connectivity index (χ1) is 8.92. The Balaban J connectivity index is 2.79. The highest BCUT2D eigenvalue weighted by atomic mass is 35.5. The maximum Gasteiger partial charge on any atom is 0.128 e. The summed E-state index contributed by atoms with van der Waals surface area (Å²) in [6.45, 7) is 10.8. The maximum absolute atomic E-state index is 6.36. The van der Waals surface area contributed by atoms with E-state index in [1.54, 1.807) is 0 Å². The Bertz CT molecular complexity index is 580. The number of aryl methyl sites for hydroxylation is 1. The number of nitrogens with zero attached hydrogens (tertiary/aromatic N) is 2. The van der Waals surface area contributed by atoms with Gasteiger partial charge in [-0.25, -0.2) is 4.98 Å². The molecule has 2 nitrogen and oxygen atoms in total. The Labute approximate surface area is 120 Å². The summed E-state index contributed by atoms with van der Waals surface area (Å²) in [7, 11) is 0. The first-order valence-electron chi connectivity index (χ1n) is 7.06. The van der Waals surface area contributed by atoms with Gasteiger partial charge < -0.3 is 4.57 Å². The number of hydrogen-bond donors (Lipinski definition) is 0. The van der Waals surface area contributed by atoms with E-state index in [-0.39, 0.29) is 10.9 Å². The number of alkyl halides is 1. The van der Waals surface area contributed by atoms with E-state index < -0.39 is 0 Å². The molecule has 0 saturated carbocycles. The van der Waals surface area contributed by atoms with Crippen LogP contribution in [0.3, 0.4) is 0 Å². The van der Waals surface area contributed by atoms with E-state index in [1.165, 1.54) is 11.1 Å². The molecule has 0 bridgehead atoms. The van der Waals surface area contributed by atoms with Crippen LogP contribution in [-0.4, -0.2) is 9.55 Å². The minimum atomic E-state index is -0.0786. The quantitative estimate of drug-likeness (QED) is 0.705. The molecule has 19 heavy (non-hydrogen) atoms. The lowest BCUT2D eigenvalue weighted by atomic mass is 9.94. The van der Waals surface area contributed by atoms with Crippen LogP contribution in [-0.2, 0) is 5.54 Å². The van der Waals surface area contributed by atoms with Gasteiger partial charge in [0.15, 0.2) is 0 Å². The van der Waals surface area contributed by atoms with Crippen molar-refractivity contribution in [1.82, 2.24) is 9.55 Å². The molecular weight excluding hydrogens is 256 g/mol. The van der Waals surface area contributed by atoms with Crippen molar-refractivity contribution in [2.24, 2.45) is 0 Å². The summed E-state index contributed by atoms with van der Waals surface area (Å²) in [6, 6.07) is 6.46. The number of hydrogen-bond acceptors (Lipinski definition) is 1. The summed E-state index contributed by atoms with van der Waals surface area (Å²) in [5.74, 6) is 0.980. The zero-order valence-corrected chi connectivity index (χ0v) is 13.3. The van der Waals surface area contributed by atoms with E-state index in [4.69, 9.17) is 16.6 Å². The van der Waals surface area contributed by atoms with Crippen molar-refractivity contribution in [3.05, 3.63) is 29.6 Å². The first-order valence-corrected chi connectivity index (χ1v) is 7.50. The zero-order chi connectivity index (χ0) is 14.2. The molecule has 2 aromatic rings. The topological polar surface area (TPSA) is 17.8 Å². The Kier molecular flexibility index (Phi) is 3.91. The third-order valence-corrected chi connectivity index (χ3v) is 4.45. The van der Waals surface area contributed by atoms with Crippen LogP contribution in [0.15, 0.2) is 18.2 Å². The Morgan fingerprint density at radius 1 is 1.32 bits per heavy atom. The number of aromatic nitrogens is 2. The summed E-state index contributed by atoms with van der Waals surface area (Å²) in [4.78, 5) is 4.77. The average Bonchev–Trinajstić information content (AvgIpc) is 2.77. The lowest BCUT2D eigenvalue weighted by molar-refractivity contribution is 0.293. The molecule has 0 aliphatic heterocycles. The van der Waals surface area contributed by atoms with Crippen molar-refractivity contribution < 1.29 is 0 Å². The Morgan fingerprint density at radius 2 is 1.95 bits per heavy atom. The van der Waals surface area contributed by atoms with Gasteiger partial charge in [0.1, 0.15) is 5.82 Å². The highest BCUT2D eigenvalue weighted by molar-refractivity contribution is 6.20. The van der Waals surface area contributed by atoms with E-state index in [0.29, 0.717) is 0 Å². The fourth-order valence-electron chi connectivity index (χ4n) is 2.61. The van der Waals surface area contributed by atoms with E-state index in [0.717, 1.165) is 24.2 Å². The Morgan fingerprint density at radius 3 is 2.47 bits per heavy atom. The molecule has 0 radical (unpaired) electrons. The van der Waals surface area contributed by atoms with Gasteiger partial charge in [-0.15, -0.1) is 11.6 Å². The molecule has 1 atom stereocenters. The second-order valence-corrected chi connectivity index (χ2v) is 6.27. The molecular formula is C16H23ClN2. The molecule has 0 N–H and O–H groups in total. The predicted octanol–water partition coefficient (Wildman–Crippen LogP) is 5.18. The maximum atomic E-state index is 6.36. The van der Waals surface area contributed by atoms with Gasteiger partial charge in [0.25, 0.3) is 0 Å². The number of imidazole rings is 1. The van der Waals surface area contributed by atoms with Crippen molar-refractivity contribution in [2.75, 3.05) is 0 Å². The van der Waals surface area contributed by atoms with Crippen molar-refractivity contribution in [3.63, 3.8) is 0 Å². The van der Waals surface area contributed by atoms with E-state index >= 15 is 0 Å². The molecule has 2 rings (SSSR count). The van der Waals surface area contributed by atoms with Gasteiger partial charge in [0.05, 0.1) is 16.4 Å². The summed E-state index contributed by atoms with van der Waals surface area (Å²) in [5.41, 5.74) is 3.55. The fraction of sp³-hybridized carbons (Fsp3) is 0.562. The molecule has 0 amide bonds.